The Labute approximate surface area is 200 Å². The fraction of sp³-hybridized carbons (Fsp3) is 0.292. The van der Waals surface area contributed by atoms with Crippen LogP contribution in [-0.2, 0) is 36.9 Å². The van der Waals surface area contributed by atoms with Gasteiger partial charge in [0.05, 0.1) is 6.42 Å². The number of thioether (sulfide) groups is 1. The third-order valence-electron chi connectivity index (χ3n) is 5.55. The topological polar surface area (TPSA) is 117 Å². The molecule has 2 N–H and O–H groups in total. The lowest BCUT2D eigenvalue weighted by atomic mass is 10.0. The number of fused-ring (bicyclic) bond motifs is 1. The van der Waals surface area contributed by atoms with Crippen molar-refractivity contribution in [1.82, 2.24) is 10.2 Å². The molecule has 3 heterocycles. The number of hydrogen-bond acceptors (Lipinski definition) is 6. The second-order valence-electron chi connectivity index (χ2n) is 8.03. The van der Waals surface area contributed by atoms with Crippen LogP contribution in [0.2, 0.25) is 0 Å². The SMILES string of the molecule is CC(=O)OCC1=C(C(=O)O)N2C(=O)C(NC(=O)Cc3ccc(C[n+]4ccccc4)cc3)C2SC1. The molecule has 0 radical (unpaired) electrons. The van der Waals surface area contributed by atoms with Gasteiger partial charge in [0.15, 0.2) is 18.9 Å². The van der Waals surface area contributed by atoms with Crippen molar-refractivity contribution in [3.05, 3.63) is 77.3 Å². The Morgan fingerprint density at radius 3 is 2.47 bits per heavy atom. The Balaban J connectivity index is 1.35. The normalized spacial score (nSPS) is 19.2. The summed E-state index contributed by atoms with van der Waals surface area (Å²) in [5.74, 6) is -2.30. The van der Waals surface area contributed by atoms with Crippen molar-refractivity contribution >= 4 is 35.5 Å². The van der Waals surface area contributed by atoms with Gasteiger partial charge in [-0.25, -0.2) is 9.36 Å². The average molecular weight is 483 g/mol. The van der Waals surface area contributed by atoms with E-state index < -0.39 is 29.3 Å². The number of hydrogen-bond donors (Lipinski definition) is 2. The maximum absolute atomic E-state index is 12.7. The first-order valence-electron chi connectivity index (χ1n) is 10.7. The smallest absolute Gasteiger partial charge is 0.352 e. The zero-order valence-electron chi connectivity index (χ0n) is 18.5. The first kappa shape index (κ1) is 23.5. The molecule has 1 saturated heterocycles. The molecule has 2 aliphatic heterocycles. The Bertz CT molecular complexity index is 1150. The Hall–Kier alpha value is -3.66. The van der Waals surface area contributed by atoms with Gasteiger partial charge in [-0.2, -0.15) is 0 Å². The molecule has 1 aromatic heterocycles. The van der Waals surface area contributed by atoms with Gasteiger partial charge in [0.2, 0.25) is 5.91 Å². The number of carboxylic acid groups (broad SMARTS) is 1. The number of carboxylic acids is 1. The molecule has 0 bridgehead atoms. The van der Waals surface area contributed by atoms with Gasteiger partial charge in [-0.15, -0.1) is 11.8 Å². The first-order chi connectivity index (χ1) is 16.3. The van der Waals surface area contributed by atoms with Crippen LogP contribution in [0.25, 0.3) is 0 Å². The van der Waals surface area contributed by atoms with Gasteiger partial charge >= 0.3 is 11.9 Å². The van der Waals surface area contributed by atoms with Gasteiger partial charge in [-0.1, -0.05) is 30.3 Å². The van der Waals surface area contributed by atoms with E-state index in [9.17, 15) is 24.3 Å². The van der Waals surface area contributed by atoms with E-state index in [1.807, 2.05) is 54.9 Å². The quantitative estimate of drug-likeness (QED) is 0.326. The molecule has 34 heavy (non-hydrogen) atoms. The van der Waals surface area contributed by atoms with Crippen molar-refractivity contribution < 1.29 is 33.6 Å². The van der Waals surface area contributed by atoms with E-state index in [0.29, 0.717) is 5.57 Å². The molecule has 0 aliphatic carbocycles. The van der Waals surface area contributed by atoms with Crippen LogP contribution in [-0.4, -0.2) is 57.5 Å². The van der Waals surface area contributed by atoms with E-state index in [1.54, 1.807) is 0 Å². The summed E-state index contributed by atoms with van der Waals surface area (Å²) in [4.78, 5) is 49.3. The Morgan fingerprint density at radius 2 is 1.82 bits per heavy atom. The molecule has 176 valence electrons. The molecule has 0 saturated carbocycles. The number of carbonyl (C=O) groups is 4. The number of aromatic nitrogens is 1. The third-order valence-corrected chi connectivity index (χ3v) is 6.89. The highest BCUT2D eigenvalue weighted by molar-refractivity contribution is 8.00. The number of amides is 2. The minimum atomic E-state index is -1.26. The van der Waals surface area contributed by atoms with Crippen molar-refractivity contribution in [2.75, 3.05) is 12.4 Å². The molecule has 2 atom stereocenters. The highest BCUT2D eigenvalue weighted by Crippen LogP contribution is 2.40. The summed E-state index contributed by atoms with van der Waals surface area (Å²) in [6, 6.07) is 12.8. The van der Waals surface area contributed by atoms with Gasteiger partial charge in [0.1, 0.15) is 23.7 Å². The highest BCUT2D eigenvalue weighted by Gasteiger charge is 2.54. The van der Waals surface area contributed by atoms with E-state index in [-0.39, 0.29) is 30.4 Å². The summed E-state index contributed by atoms with van der Waals surface area (Å²) < 4.78 is 6.97. The van der Waals surface area contributed by atoms with Crippen LogP contribution < -0.4 is 9.88 Å². The second kappa shape index (κ2) is 10.1. The van der Waals surface area contributed by atoms with Gasteiger partial charge in [0.25, 0.3) is 5.91 Å². The summed E-state index contributed by atoms with van der Waals surface area (Å²) in [6.07, 6.45) is 4.07. The number of rotatable bonds is 8. The molecule has 2 aliphatic rings. The number of esters is 1. The molecule has 2 amide bonds. The molecular weight excluding hydrogens is 458 g/mol. The number of carbonyl (C=O) groups excluding carboxylic acids is 3. The maximum atomic E-state index is 12.7. The van der Waals surface area contributed by atoms with Gasteiger partial charge in [-0.05, 0) is 5.56 Å². The van der Waals surface area contributed by atoms with Gasteiger partial charge in [0, 0.05) is 35.9 Å². The molecule has 0 spiro atoms. The molecule has 1 aromatic carbocycles. The number of nitrogens with one attached hydrogen (secondary N) is 1. The number of aliphatic carboxylic acids is 1. The largest absolute Gasteiger partial charge is 0.477 e. The van der Waals surface area contributed by atoms with E-state index >= 15 is 0 Å². The minimum Gasteiger partial charge on any atom is -0.477 e. The zero-order chi connectivity index (χ0) is 24.2. The summed E-state index contributed by atoms with van der Waals surface area (Å²) in [5, 5.41) is 11.8. The number of nitrogens with zero attached hydrogens (tertiary/aromatic N) is 2. The number of ether oxygens (including phenoxy) is 1. The molecule has 2 aromatic rings. The molecule has 9 nitrogen and oxygen atoms in total. The predicted octanol–water partition coefficient (Wildman–Crippen LogP) is 0.867. The van der Waals surface area contributed by atoms with Crippen LogP contribution >= 0.6 is 11.8 Å². The third kappa shape index (κ3) is 5.12. The fourth-order valence-corrected chi connectivity index (χ4v) is 5.23. The number of β-lactam (4-membered cyclic amide) rings is 1. The minimum absolute atomic E-state index is 0.110. The average Bonchev–Trinajstić information content (AvgIpc) is 2.82. The molecule has 4 rings (SSSR count). The van der Waals surface area contributed by atoms with Gasteiger partial charge in [-0.3, -0.25) is 19.3 Å². The summed E-state index contributed by atoms with van der Waals surface area (Å²) in [6.45, 7) is 1.77. The van der Waals surface area contributed by atoms with Crippen LogP contribution in [0.1, 0.15) is 18.1 Å². The standard InChI is InChI=1S/C24H23N3O6S/c1-15(28)33-13-18-14-34-23-20(22(30)27(23)21(18)24(31)32)25-19(29)11-16-5-7-17(8-6-16)12-26-9-3-2-4-10-26/h2-10,20,23H,11-14H2,1H3,(H-,25,29,31,32)/p+1. The van der Waals surface area contributed by atoms with Crippen molar-refractivity contribution in [3.8, 4) is 0 Å². The van der Waals surface area contributed by atoms with Crippen LogP contribution in [0.3, 0.4) is 0 Å². The maximum Gasteiger partial charge on any atom is 0.352 e. The van der Waals surface area contributed by atoms with Crippen molar-refractivity contribution in [3.63, 3.8) is 0 Å². The van der Waals surface area contributed by atoms with Crippen molar-refractivity contribution in [1.29, 1.82) is 0 Å². The summed E-state index contributed by atoms with van der Waals surface area (Å²) >= 11 is 1.33. The van der Waals surface area contributed by atoms with E-state index in [0.717, 1.165) is 22.6 Å². The molecule has 2 unspecified atom stereocenters. The number of pyridine rings is 1. The lowest BCUT2D eigenvalue weighted by Crippen LogP contribution is -2.70. The first-order valence-corrected chi connectivity index (χ1v) is 11.7. The lowest BCUT2D eigenvalue weighted by molar-refractivity contribution is -0.688. The summed E-state index contributed by atoms with van der Waals surface area (Å²) in [7, 11) is 0. The number of benzene rings is 1. The zero-order valence-corrected chi connectivity index (χ0v) is 19.3. The summed E-state index contributed by atoms with van der Waals surface area (Å²) in [5.41, 5.74) is 2.10. The van der Waals surface area contributed by atoms with E-state index in [2.05, 4.69) is 9.88 Å². The van der Waals surface area contributed by atoms with Crippen LogP contribution in [0.4, 0.5) is 0 Å². The monoisotopic (exact) mass is 482 g/mol. The van der Waals surface area contributed by atoms with E-state index in [4.69, 9.17) is 4.74 Å². The molecule has 10 heteroatoms. The van der Waals surface area contributed by atoms with Crippen LogP contribution in [0.15, 0.2) is 66.1 Å². The van der Waals surface area contributed by atoms with Crippen LogP contribution in [0.5, 0.6) is 0 Å². The second-order valence-corrected chi connectivity index (χ2v) is 9.14. The van der Waals surface area contributed by atoms with Crippen molar-refractivity contribution in [2.45, 2.75) is 31.3 Å². The lowest BCUT2D eigenvalue weighted by Gasteiger charge is -2.49. The van der Waals surface area contributed by atoms with Gasteiger partial charge < -0.3 is 15.2 Å². The molecule has 1 fully saturated rings. The Morgan fingerprint density at radius 1 is 1.15 bits per heavy atom. The molecular formula is C24H24N3O6S+. The van der Waals surface area contributed by atoms with Crippen LogP contribution in [0, 0.1) is 0 Å². The predicted molar refractivity (Wildman–Crippen MR) is 122 cm³/mol. The highest BCUT2D eigenvalue weighted by atomic mass is 32.2. The fourth-order valence-electron chi connectivity index (χ4n) is 3.91. The Kier molecular flexibility index (Phi) is 6.97. The van der Waals surface area contributed by atoms with Crippen molar-refractivity contribution in [2.24, 2.45) is 0 Å². The van der Waals surface area contributed by atoms with E-state index in [1.165, 1.54) is 18.7 Å².